The molecule has 0 unspecified atom stereocenters. The van der Waals surface area contributed by atoms with Crippen LogP contribution in [0.15, 0.2) is 23.1 Å². The molecule has 1 aromatic carbocycles. The van der Waals surface area contributed by atoms with E-state index in [-0.39, 0.29) is 4.90 Å². The van der Waals surface area contributed by atoms with Crippen LogP contribution in [0.5, 0.6) is 0 Å². The molecule has 1 aromatic rings. The third-order valence-electron chi connectivity index (χ3n) is 3.95. The fourth-order valence-electron chi connectivity index (χ4n) is 2.44. The third-order valence-corrected chi connectivity index (χ3v) is 5.50. The lowest BCUT2D eigenvalue weighted by molar-refractivity contribution is 0.297. The average molecular weight is 314 g/mol. The lowest BCUT2D eigenvalue weighted by atomic mass is 9.83. The zero-order chi connectivity index (χ0) is 15.3. The summed E-state index contributed by atoms with van der Waals surface area (Å²) in [6.07, 6.45) is 4.48. The zero-order valence-corrected chi connectivity index (χ0v) is 13.2. The first-order valence-corrected chi connectivity index (χ1v) is 9.00. The first-order valence-electron chi connectivity index (χ1n) is 7.51. The topological polar surface area (TPSA) is 58.2 Å². The maximum absolute atomic E-state index is 13.4. The molecule has 0 atom stereocenters. The SMILES string of the molecule is CCNCc1ccc(F)cc1S(=O)(=O)NCCC1CCC1. The minimum Gasteiger partial charge on any atom is -0.313 e. The van der Waals surface area contributed by atoms with Crippen LogP contribution in [-0.4, -0.2) is 21.5 Å². The van der Waals surface area contributed by atoms with Gasteiger partial charge in [-0.3, -0.25) is 0 Å². The Balaban J connectivity index is 2.07. The highest BCUT2D eigenvalue weighted by Crippen LogP contribution is 2.29. The summed E-state index contributed by atoms with van der Waals surface area (Å²) in [5, 5.41) is 3.07. The average Bonchev–Trinajstić information content (AvgIpc) is 2.40. The molecule has 0 amide bonds. The van der Waals surface area contributed by atoms with Crippen molar-refractivity contribution in [3.8, 4) is 0 Å². The van der Waals surface area contributed by atoms with Gasteiger partial charge in [-0.2, -0.15) is 0 Å². The molecule has 1 aliphatic rings. The molecule has 1 fully saturated rings. The minimum absolute atomic E-state index is 0.0389. The molecule has 118 valence electrons. The van der Waals surface area contributed by atoms with Gasteiger partial charge >= 0.3 is 0 Å². The highest BCUT2D eigenvalue weighted by molar-refractivity contribution is 7.89. The van der Waals surface area contributed by atoms with Gasteiger partial charge in [-0.15, -0.1) is 0 Å². The molecule has 21 heavy (non-hydrogen) atoms. The molecule has 1 saturated carbocycles. The molecule has 0 spiro atoms. The second-order valence-electron chi connectivity index (χ2n) is 5.52. The molecule has 0 saturated heterocycles. The van der Waals surface area contributed by atoms with E-state index in [1.165, 1.54) is 31.4 Å². The van der Waals surface area contributed by atoms with E-state index < -0.39 is 15.8 Å². The molecule has 0 aromatic heterocycles. The Labute approximate surface area is 126 Å². The highest BCUT2D eigenvalue weighted by Gasteiger charge is 2.21. The number of hydrogen-bond donors (Lipinski definition) is 2. The van der Waals surface area contributed by atoms with E-state index in [0.717, 1.165) is 19.0 Å². The van der Waals surface area contributed by atoms with Crippen molar-refractivity contribution in [3.05, 3.63) is 29.6 Å². The van der Waals surface area contributed by atoms with Gasteiger partial charge in [0.2, 0.25) is 10.0 Å². The summed E-state index contributed by atoms with van der Waals surface area (Å²) >= 11 is 0. The van der Waals surface area contributed by atoms with Gasteiger partial charge in [0.25, 0.3) is 0 Å². The molecule has 4 nitrogen and oxygen atoms in total. The van der Waals surface area contributed by atoms with E-state index in [1.807, 2.05) is 6.92 Å². The Bertz CT molecular complexity index is 571. The fourth-order valence-corrected chi connectivity index (χ4v) is 3.74. The zero-order valence-electron chi connectivity index (χ0n) is 12.4. The van der Waals surface area contributed by atoms with Gasteiger partial charge in [0.1, 0.15) is 5.82 Å². The van der Waals surface area contributed by atoms with Crippen LogP contribution in [0.25, 0.3) is 0 Å². The van der Waals surface area contributed by atoms with E-state index in [1.54, 1.807) is 0 Å². The van der Waals surface area contributed by atoms with Gasteiger partial charge in [0.05, 0.1) is 4.90 Å². The first kappa shape index (κ1) is 16.4. The van der Waals surface area contributed by atoms with Crippen LogP contribution in [0.3, 0.4) is 0 Å². The van der Waals surface area contributed by atoms with Gasteiger partial charge < -0.3 is 5.32 Å². The van der Waals surface area contributed by atoms with Crippen LogP contribution in [-0.2, 0) is 16.6 Å². The van der Waals surface area contributed by atoms with Crippen molar-refractivity contribution in [3.63, 3.8) is 0 Å². The Hall–Kier alpha value is -0.980. The van der Waals surface area contributed by atoms with Gasteiger partial charge in [-0.1, -0.05) is 32.3 Å². The molecule has 0 aliphatic heterocycles. The Morgan fingerprint density at radius 1 is 1.33 bits per heavy atom. The number of halogens is 1. The monoisotopic (exact) mass is 314 g/mol. The first-order chi connectivity index (χ1) is 10.0. The second kappa shape index (κ2) is 7.33. The molecule has 0 heterocycles. The minimum atomic E-state index is -3.65. The van der Waals surface area contributed by atoms with Crippen molar-refractivity contribution < 1.29 is 12.8 Å². The quantitative estimate of drug-likeness (QED) is 0.775. The van der Waals surface area contributed by atoms with Crippen molar-refractivity contribution in [1.82, 2.24) is 10.0 Å². The van der Waals surface area contributed by atoms with E-state index in [9.17, 15) is 12.8 Å². The van der Waals surface area contributed by atoms with Crippen molar-refractivity contribution in [2.45, 2.75) is 44.0 Å². The van der Waals surface area contributed by atoms with Crippen molar-refractivity contribution in [1.29, 1.82) is 0 Å². The summed E-state index contributed by atoms with van der Waals surface area (Å²) in [5.74, 6) is 0.107. The third kappa shape index (κ3) is 4.49. The summed E-state index contributed by atoms with van der Waals surface area (Å²) in [5.41, 5.74) is 0.592. The summed E-state index contributed by atoms with van der Waals surface area (Å²) in [6.45, 7) is 3.50. The summed E-state index contributed by atoms with van der Waals surface area (Å²) in [6, 6.07) is 3.91. The maximum atomic E-state index is 13.4. The van der Waals surface area contributed by atoms with E-state index >= 15 is 0 Å². The molecule has 0 bridgehead atoms. The van der Waals surface area contributed by atoms with Crippen molar-refractivity contribution >= 4 is 10.0 Å². The maximum Gasteiger partial charge on any atom is 0.240 e. The molecule has 1 aliphatic carbocycles. The fraction of sp³-hybridized carbons (Fsp3) is 0.600. The number of benzene rings is 1. The smallest absolute Gasteiger partial charge is 0.240 e. The van der Waals surface area contributed by atoms with Crippen LogP contribution in [0, 0.1) is 11.7 Å². The molecule has 0 radical (unpaired) electrons. The lowest BCUT2D eigenvalue weighted by Gasteiger charge is -2.25. The Kier molecular flexibility index (Phi) is 5.72. The van der Waals surface area contributed by atoms with Crippen LogP contribution in [0.2, 0.25) is 0 Å². The lowest BCUT2D eigenvalue weighted by Crippen LogP contribution is -2.29. The van der Waals surface area contributed by atoms with E-state index in [2.05, 4.69) is 10.0 Å². The van der Waals surface area contributed by atoms with Gasteiger partial charge in [-0.25, -0.2) is 17.5 Å². The standard InChI is InChI=1S/C15H23FN2O2S/c1-2-17-11-13-6-7-14(16)10-15(13)21(19,20)18-9-8-12-4-3-5-12/h6-7,10,12,17-18H,2-5,8-9,11H2,1H3. The number of rotatable bonds is 8. The summed E-state index contributed by atoms with van der Waals surface area (Å²) < 4.78 is 40.7. The molecular formula is C15H23FN2O2S. The highest BCUT2D eigenvalue weighted by atomic mass is 32.2. The summed E-state index contributed by atoms with van der Waals surface area (Å²) in [7, 11) is -3.65. The van der Waals surface area contributed by atoms with Crippen LogP contribution in [0.4, 0.5) is 4.39 Å². The van der Waals surface area contributed by atoms with Crippen molar-refractivity contribution in [2.24, 2.45) is 5.92 Å². The van der Waals surface area contributed by atoms with Crippen LogP contribution >= 0.6 is 0 Å². The molecule has 2 rings (SSSR count). The summed E-state index contributed by atoms with van der Waals surface area (Å²) in [4.78, 5) is 0.0389. The molecule has 2 N–H and O–H groups in total. The molecule has 6 heteroatoms. The largest absolute Gasteiger partial charge is 0.313 e. The second-order valence-corrected chi connectivity index (χ2v) is 7.25. The van der Waals surface area contributed by atoms with Crippen LogP contribution in [0.1, 0.15) is 38.2 Å². The number of hydrogen-bond acceptors (Lipinski definition) is 3. The molecular weight excluding hydrogens is 291 g/mol. The predicted molar refractivity (Wildman–Crippen MR) is 80.9 cm³/mol. The number of nitrogens with one attached hydrogen (secondary N) is 2. The van der Waals surface area contributed by atoms with Gasteiger partial charge in [-0.05, 0) is 36.6 Å². The van der Waals surface area contributed by atoms with Crippen LogP contribution < -0.4 is 10.0 Å². The van der Waals surface area contributed by atoms with Gasteiger partial charge in [0, 0.05) is 13.1 Å². The Morgan fingerprint density at radius 3 is 2.71 bits per heavy atom. The van der Waals surface area contributed by atoms with Crippen molar-refractivity contribution in [2.75, 3.05) is 13.1 Å². The normalized spacial score (nSPS) is 15.9. The van der Waals surface area contributed by atoms with Gasteiger partial charge in [0.15, 0.2) is 0 Å². The van der Waals surface area contributed by atoms with E-state index in [4.69, 9.17) is 0 Å². The Morgan fingerprint density at radius 2 is 2.10 bits per heavy atom. The number of sulfonamides is 1. The predicted octanol–water partition coefficient (Wildman–Crippen LogP) is 2.40. The van der Waals surface area contributed by atoms with E-state index in [0.29, 0.717) is 24.6 Å².